The summed E-state index contributed by atoms with van der Waals surface area (Å²) in [4.78, 5) is 17.9. The van der Waals surface area contributed by atoms with Crippen LogP contribution in [0.1, 0.15) is 56.9 Å². The highest BCUT2D eigenvalue weighted by Crippen LogP contribution is 2.41. The number of amides is 1. The highest BCUT2D eigenvalue weighted by molar-refractivity contribution is 6.30. The second-order valence-electron chi connectivity index (χ2n) is 8.36. The van der Waals surface area contributed by atoms with Gasteiger partial charge in [0.25, 0.3) is 0 Å². The van der Waals surface area contributed by atoms with Gasteiger partial charge < -0.3 is 10.0 Å². The van der Waals surface area contributed by atoms with Gasteiger partial charge in [-0.25, -0.2) is 4.39 Å². The minimum absolute atomic E-state index is 0.217. The Kier molecular flexibility index (Phi) is 5.45. The van der Waals surface area contributed by atoms with Crippen LogP contribution in [0.2, 0.25) is 5.02 Å². The summed E-state index contributed by atoms with van der Waals surface area (Å²) < 4.78 is 14.3. The molecule has 2 heterocycles. The van der Waals surface area contributed by atoms with Gasteiger partial charge in [0, 0.05) is 29.7 Å². The summed E-state index contributed by atoms with van der Waals surface area (Å²) >= 11 is 5.88. The van der Waals surface area contributed by atoms with Gasteiger partial charge in [-0.1, -0.05) is 17.7 Å². The van der Waals surface area contributed by atoms with E-state index in [2.05, 4.69) is 9.80 Å². The van der Waals surface area contributed by atoms with E-state index in [1.54, 1.807) is 12.1 Å². The van der Waals surface area contributed by atoms with Crippen LogP contribution in [0.5, 0.6) is 0 Å². The summed E-state index contributed by atoms with van der Waals surface area (Å²) in [7, 11) is 0. The molecule has 0 bridgehead atoms. The number of carbonyl (C=O) groups excluding carboxylic acids is 1. The average molecular weight is 395 g/mol. The van der Waals surface area contributed by atoms with Crippen LogP contribution in [0, 0.1) is 5.82 Å². The normalized spacial score (nSPS) is 32.4. The van der Waals surface area contributed by atoms with Crippen LogP contribution in [0.3, 0.4) is 0 Å². The summed E-state index contributed by atoms with van der Waals surface area (Å²) in [5.74, 6) is -0.0760. The van der Waals surface area contributed by atoms with Crippen molar-refractivity contribution in [1.82, 2.24) is 9.80 Å². The lowest BCUT2D eigenvalue weighted by Crippen LogP contribution is -2.62. The van der Waals surface area contributed by atoms with E-state index in [0.29, 0.717) is 17.1 Å². The van der Waals surface area contributed by atoms with Crippen LogP contribution in [-0.4, -0.2) is 51.6 Å². The van der Waals surface area contributed by atoms with Crippen molar-refractivity contribution >= 4 is 17.5 Å². The number of likely N-dealkylation sites (tertiary alicyclic amines) is 2. The number of hydrogen-bond acceptors (Lipinski definition) is 3. The zero-order valence-corrected chi connectivity index (χ0v) is 16.4. The third-order valence-corrected chi connectivity index (χ3v) is 6.99. The minimum Gasteiger partial charge on any atom is -0.393 e. The number of hydrogen-bond donors (Lipinski definition) is 1. The van der Waals surface area contributed by atoms with Gasteiger partial charge in [0.1, 0.15) is 11.4 Å². The minimum atomic E-state index is -0.486. The largest absolute Gasteiger partial charge is 0.393 e. The molecule has 3 aliphatic rings. The molecule has 1 aliphatic carbocycles. The second-order valence-corrected chi connectivity index (χ2v) is 8.79. The first kappa shape index (κ1) is 19.2. The Hall–Kier alpha value is -1.17. The molecule has 1 unspecified atom stereocenters. The van der Waals surface area contributed by atoms with E-state index in [4.69, 9.17) is 11.6 Å². The quantitative estimate of drug-likeness (QED) is 0.849. The zero-order valence-electron chi connectivity index (χ0n) is 15.7. The molecule has 1 aromatic carbocycles. The lowest BCUT2D eigenvalue weighted by atomic mass is 9.82. The number of aliphatic hydroxyl groups excluding tert-OH is 1. The van der Waals surface area contributed by atoms with Crippen LogP contribution in [-0.2, 0) is 11.3 Å². The lowest BCUT2D eigenvalue weighted by molar-refractivity contribution is -0.152. The van der Waals surface area contributed by atoms with Crippen molar-refractivity contribution in [1.29, 1.82) is 0 Å². The molecular weight excluding hydrogens is 367 g/mol. The van der Waals surface area contributed by atoms with E-state index in [9.17, 15) is 14.3 Å². The number of rotatable bonds is 3. The van der Waals surface area contributed by atoms with E-state index in [-0.39, 0.29) is 23.9 Å². The first-order valence-corrected chi connectivity index (χ1v) is 10.6. The molecule has 148 valence electrons. The summed E-state index contributed by atoms with van der Waals surface area (Å²) in [6.45, 7) is 2.08. The van der Waals surface area contributed by atoms with Crippen molar-refractivity contribution in [2.75, 3.05) is 13.1 Å². The summed E-state index contributed by atoms with van der Waals surface area (Å²) in [6.07, 6.45) is 6.78. The Morgan fingerprint density at radius 2 is 1.85 bits per heavy atom. The summed E-state index contributed by atoms with van der Waals surface area (Å²) in [6, 6.07) is 5.04. The number of carbonyl (C=O) groups is 1. The van der Waals surface area contributed by atoms with E-state index < -0.39 is 5.54 Å². The highest BCUT2D eigenvalue weighted by Gasteiger charge is 2.52. The predicted molar refractivity (Wildman–Crippen MR) is 103 cm³/mol. The van der Waals surface area contributed by atoms with Crippen molar-refractivity contribution in [2.45, 2.75) is 75.6 Å². The summed E-state index contributed by atoms with van der Waals surface area (Å²) in [5.41, 5.74) is 0.117. The maximum absolute atomic E-state index is 14.3. The summed E-state index contributed by atoms with van der Waals surface area (Å²) in [5, 5.41) is 10.2. The number of benzene rings is 1. The Balaban J connectivity index is 1.53. The van der Waals surface area contributed by atoms with E-state index in [0.717, 1.165) is 64.5 Å². The van der Waals surface area contributed by atoms with Crippen LogP contribution < -0.4 is 0 Å². The third kappa shape index (κ3) is 3.62. The smallest absolute Gasteiger partial charge is 0.243 e. The Bertz CT molecular complexity index is 707. The van der Waals surface area contributed by atoms with Gasteiger partial charge in [-0.15, -0.1) is 0 Å². The zero-order chi connectivity index (χ0) is 19.0. The third-order valence-electron chi connectivity index (χ3n) is 6.76. The van der Waals surface area contributed by atoms with E-state index in [1.165, 1.54) is 6.07 Å². The van der Waals surface area contributed by atoms with Crippen LogP contribution in [0.25, 0.3) is 0 Å². The standard InChI is InChI=1S/C21H28ClFN2O2/c22-16-4-3-15(19(23)13-16)14-24-11-1-9-21(24)10-2-12-25(20(21)27)17-5-7-18(26)8-6-17/h3-4,13,17-18,26H,1-2,5-12,14H2. The highest BCUT2D eigenvalue weighted by atomic mass is 35.5. The SMILES string of the molecule is O=C1N(C2CCC(O)CC2)CCCC12CCCN2Cc1ccc(Cl)cc1F. The lowest BCUT2D eigenvalue weighted by Gasteiger charge is -2.48. The van der Waals surface area contributed by atoms with E-state index in [1.807, 2.05) is 0 Å². The van der Waals surface area contributed by atoms with Gasteiger partial charge in [0.15, 0.2) is 0 Å². The molecule has 1 aromatic rings. The molecule has 1 N–H and O–H groups in total. The fraction of sp³-hybridized carbons (Fsp3) is 0.667. The molecule has 0 aromatic heterocycles. The van der Waals surface area contributed by atoms with Crippen molar-refractivity contribution in [3.05, 3.63) is 34.6 Å². The Morgan fingerprint density at radius 3 is 2.56 bits per heavy atom. The Morgan fingerprint density at radius 1 is 1.15 bits per heavy atom. The molecule has 0 radical (unpaired) electrons. The molecule has 3 fully saturated rings. The van der Waals surface area contributed by atoms with Crippen molar-refractivity contribution in [3.63, 3.8) is 0 Å². The van der Waals surface area contributed by atoms with Gasteiger partial charge in [-0.05, 0) is 70.0 Å². The monoisotopic (exact) mass is 394 g/mol. The predicted octanol–water partition coefficient (Wildman–Crippen LogP) is 3.74. The average Bonchev–Trinajstić information content (AvgIpc) is 3.04. The molecule has 1 atom stereocenters. The van der Waals surface area contributed by atoms with Gasteiger partial charge >= 0.3 is 0 Å². The Labute approximate surface area is 165 Å². The first-order valence-electron chi connectivity index (χ1n) is 10.2. The molecule has 2 aliphatic heterocycles. The number of halogens is 2. The van der Waals surface area contributed by atoms with Gasteiger partial charge in [0.05, 0.1) is 6.10 Å². The van der Waals surface area contributed by atoms with Crippen molar-refractivity contribution in [2.24, 2.45) is 0 Å². The topological polar surface area (TPSA) is 43.8 Å². The number of piperidine rings is 1. The molecule has 4 rings (SSSR count). The molecule has 27 heavy (non-hydrogen) atoms. The maximum atomic E-state index is 14.3. The fourth-order valence-electron chi connectivity index (χ4n) is 5.28. The molecule has 1 saturated carbocycles. The molecule has 2 saturated heterocycles. The van der Waals surface area contributed by atoms with Gasteiger partial charge in [-0.3, -0.25) is 9.69 Å². The fourth-order valence-corrected chi connectivity index (χ4v) is 5.44. The van der Waals surface area contributed by atoms with Gasteiger partial charge in [-0.2, -0.15) is 0 Å². The number of aliphatic hydroxyl groups is 1. The molecule has 1 spiro atoms. The molecule has 4 nitrogen and oxygen atoms in total. The first-order chi connectivity index (χ1) is 13.0. The van der Waals surface area contributed by atoms with Crippen molar-refractivity contribution in [3.8, 4) is 0 Å². The molecule has 1 amide bonds. The van der Waals surface area contributed by atoms with Crippen molar-refractivity contribution < 1.29 is 14.3 Å². The van der Waals surface area contributed by atoms with Crippen LogP contribution >= 0.6 is 11.6 Å². The number of nitrogens with zero attached hydrogens (tertiary/aromatic N) is 2. The van der Waals surface area contributed by atoms with Gasteiger partial charge in [0.2, 0.25) is 5.91 Å². The second kappa shape index (κ2) is 7.69. The molecule has 6 heteroatoms. The molecular formula is C21H28ClFN2O2. The maximum Gasteiger partial charge on any atom is 0.243 e. The van der Waals surface area contributed by atoms with Crippen LogP contribution in [0.15, 0.2) is 18.2 Å². The van der Waals surface area contributed by atoms with E-state index >= 15 is 0 Å². The van der Waals surface area contributed by atoms with Crippen LogP contribution in [0.4, 0.5) is 4.39 Å².